The Morgan fingerprint density at radius 1 is 1.03 bits per heavy atom. The summed E-state index contributed by atoms with van der Waals surface area (Å²) in [5.74, 6) is -1.77. The van der Waals surface area contributed by atoms with Gasteiger partial charge in [-0.1, -0.05) is 11.6 Å². The molecule has 0 unspecified atom stereocenters. The second-order valence-corrected chi connectivity index (χ2v) is 6.89. The first-order valence-corrected chi connectivity index (χ1v) is 9.08. The molecule has 30 heavy (non-hydrogen) atoms. The van der Waals surface area contributed by atoms with Crippen LogP contribution in [0.3, 0.4) is 0 Å². The molecule has 0 aromatic heterocycles. The van der Waals surface area contributed by atoms with Crippen molar-refractivity contribution in [3.05, 3.63) is 67.2 Å². The van der Waals surface area contributed by atoms with Gasteiger partial charge in [-0.3, -0.25) is 25.0 Å². The van der Waals surface area contributed by atoms with Crippen molar-refractivity contribution in [3.63, 3.8) is 0 Å². The van der Waals surface area contributed by atoms with Crippen molar-refractivity contribution in [3.8, 4) is 0 Å². The molecular weight excluding hydrogens is 420 g/mol. The third-order valence-electron chi connectivity index (χ3n) is 4.13. The normalized spacial score (nSPS) is 12.7. The zero-order valence-electron chi connectivity index (χ0n) is 15.3. The Kier molecular flexibility index (Phi) is 6.11. The molecule has 156 valence electrons. The van der Waals surface area contributed by atoms with Crippen molar-refractivity contribution in [2.75, 3.05) is 17.2 Å². The molecule has 3 rings (SSSR count). The molecule has 1 aliphatic rings. The fourth-order valence-electron chi connectivity index (χ4n) is 2.54. The summed E-state index contributed by atoms with van der Waals surface area (Å²) in [6.45, 7) is -0.742. The van der Waals surface area contributed by atoms with E-state index in [1.165, 1.54) is 24.3 Å². The van der Waals surface area contributed by atoms with Gasteiger partial charge in [0.1, 0.15) is 11.4 Å². The van der Waals surface area contributed by atoms with E-state index in [2.05, 4.69) is 10.6 Å². The van der Waals surface area contributed by atoms with E-state index in [9.17, 15) is 29.8 Å². The highest BCUT2D eigenvalue weighted by atomic mass is 35.5. The number of halogens is 1. The van der Waals surface area contributed by atoms with Gasteiger partial charge in [0.2, 0.25) is 0 Å². The number of amides is 1. The first-order valence-electron chi connectivity index (χ1n) is 8.70. The van der Waals surface area contributed by atoms with Gasteiger partial charge in [-0.15, -0.1) is 0 Å². The highest BCUT2D eigenvalue weighted by molar-refractivity contribution is 6.31. The highest BCUT2D eigenvalue weighted by Crippen LogP contribution is 2.32. The second-order valence-electron chi connectivity index (χ2n) is 6.45. The average Bonchev–Trinajstić information content (AvgIpc) is 3.51. The quantitative estimate of drug-likeness (QED) is 0.363. The minimum absolute atomic E-state index is 0.103. The summed E-state index contributed by atoms with van der Waals surface area (Å²) in [5.41, 5.74) is -0.620. The van der Waals surface area contributed by atoms with Gasteiger partial charge in [-0.25, -0.2) is 4.79 Å². The Balaban J connectivity index is 1.64. The molecule has 0 heterocycles. The molecule has 12 heteroatoms. The molecule has 1 amide bonds. The second kappa shape index (κ2) is 8.74. The van der Waals surface area contributed by atoms with Crippen LogP contribution in [-0.2, 0) is 9.53 Å². The average molecular weight is 435 g/mol. The van der Waals surface area contributed by atoms with Crippen LogP contribution in [0.5, 0.6) is 0 Å². The number of rotatable bonds is 8. The molecule has 2 N–H and O–H groups in total. The number of ether oxygens (including phenoxy) is 1. The molecule has 0 bridgehead atoms. The molecule has 1 aliphatic carbocycles. The molecule has 1 fully saturated rings. The summed E-state index contributed by atoms with van der Waals surface area (Å²) in [5, 5.41) is 27.7. The van der Waals surface area contributed by atoms with Gasteiger partial charge >= 0.3 is 5.97 Å². The monoisotopic (exact) mass is 434 g/mol. The summed E-state index contributed by atoms with van der Waals surface area (Å²) in [7, 11) is 0. The number of hydrogen-bond donors (Lipinski definition) is 2. The number of nitrogens with one attached hydrogen (secondary N) is 2. The third-order valence-corrected chi connectivity index (χ3v) is 4.37. The molecule has 0 aliphatic heterocycles. The van der Waals surface area contributed by atoms with Crippen LogP contribution >= 0.6 is 11.6 Å². The van der Waals surface area contributed by atoms with E-state index in [-0.39, 0.29) is 28.0 Å². The molecule has 11 nitrogen and oxygen atoms in total. The van der Waals surface area contributed by atoms with E-state index in [1.54, 1.807) is 0 Å². The van der Waals surface area contributed by atoms with E-state index in [0.29, 0.717) is 5.69 Å². The van der Waals surface area contributed by atoms with Crippen LogP contribution in [-0.4, -0.2) is 34.4 Å². The van der Waals surface area contributed by atoms with E-state index < -0.39 is 34.0 Å². The van der Waals surface area contributed by atoms with Gasteiger partial charge in [-0.2, -0.15) is 0 Å². The van der Waals surface area contributed by atoms with Gasteiger partial charge < -0.3 is 15.4 Å². The lowest BCUT2D eigenvalue weighted by molar-refractivity contribution is -0.384. The number of benzene rings is 2. The van der Waals surface area contributed by atoms with Crippen molar-refractivity contribution in [1.29, 1.82) is 0 Å². The van der Waals surface area contributed by atoms with Crippen molar-refractivity contribution in [2.45, 2.75) is 18.9 Å². The predicted octanol–water partition coefficient (Wildman–Crippen LogP) is 3.53. The zero-order valence-corrected chi connectivity index (χ0v) is 16.0. The maximum Gasteiger partial charge on any atom is 0.338 e. The fraction of sp³-hybridized carbons (Fsp3) is 0.222. The van der Waals surface area contributed by atoms with Gasteiger partial charge in [0, 0.05) is 23.2 Å². The standard InChI is InChI=1S/C18H15ClN4O7/c19-11-2-6-14(16(8-11)23(28)29)21-17(24)9-30-18(25)10-1-5-13(20-12-3-4-12)15(7-10)22(26)27/h1-2,5-8,12,20H,3-4,9H2,(H,21,24). The maximum absolute atomic E-state index is 12.2. The minimum Gasteiger partial charge on any atom is -0.452 e. The largest absolute Gasteiger partial charge is 0.452 e. The number of anilines is 2. The Bertz CT molecular complexity index is 1040. The molecular formula is C18H15ClN4O7. The van der Waals surface area contributed by atoms with Crippen LogP contribution in [0.25, 0.3) is 0 Å². The molecule has 2 aromatic rings. The van der Waals surface area contributed by atoms with Crippen molar-refractivity contribution >= 4 is 46.2 Å². The summed E-state index contributed by atoms with van der Waals surface area (Å²) in [6.07, 6.45) is 1.84. The van der Waals surface area contributed by atoms with Gasteiger partial charge in [0.25, 0.3) is 17.3 Å². The number of carbonyl (C=O) groups excluding carboxylic acids is 2. The van der Waals surface area contributed by atoms with Gasteiger partial charge in [0.15, 0.2) is 6.61 Å². The Morgan fingerprint density at radius 2 is 1.67 bits per heavy atom. The number of esters is 1. The Hall–Kier alpha value is -3.73. The summed E-state index contributed by atoms with van der Waals surface area (Å²) in [4.78, 5) is 45.1. The maximum atomic E-state index is 12.2. The Morgan fingerprint density at radius 3 is 2.30 bits per heavy atom. The lowest BCUT2D eigenvalue weighted by Crippen LogP contribution is -2.21. The smallest absolute Gasteiger partial charge is 0.338 e. The molecule has 1 saturated carbocycles. The van der Waals surface area contributed by atoms with Crippen molar-refractivity contribution in [1.82, 2.24) is 0 Å². The first-order chi connectivity index (χ1) is 14.2. The lowest BCUT2D eigenvalue weighted by atomic mass is 10.1. The fourth-order valence-corrected chi connectivity index (χ4v) is 2.71. The molecule has 0 radical (unpaired) electrons. The lowest BCUT2D eigenvalue weighted by Gasteiger charge is -2.09. The van der Waals surface area contributed by atoms with E-state index in [4.69, 9.17) is 16.3 Å². The minimum atomic E-state index is -0.947. The van der Waals surface area contributed by atoms with Crippen molar-refractivity contribution in [2.24, 2.45) is 0 Å². The van der Waals surface area contributed by atoms with E-state index in [1.807, 2.05) is 0 Å². The summed E-state index contributed by atoms with van der Waals surface area (Å²) in [6, 6.07) is 7.67. The van der Waals surface area contributed by atoms with Crippen molar-refractivity contribution < 1.29 is 24.2 Å². The SMILES string of the molecule is O=C(COC(=O)c1ccc(NC2CC2)c([N+](=O)[O-])c1)Nc1ccc(Cl)cc1[N+](=O)[O-]. The predicted molar refractivity (Wildman–Crippen MR) is 107 cm³/mol. The number of nitro benzene ring substituents is 2. The number of nitro groups is 2. The van der Waals surface area contributed by atoms with E-state index in [0.717, 1.165) is 25.0 Å². The number of nitrogens with zero attached hydrogens (tertiary/aromatic N) is 2. The Labute approximate surface area is 174 Å². The topological polar surface area (TPSA) is 154 Å². The molecule has 0 saturated heterocycles. The highest BCUT2D eigenvalue weighted by Gasteiger charge is 2.26. The summed E-state index contributed by atoms with van der Waals surface area (Å²) < 4.78 is 4.86. The third kappa shape index (κ3) is 5.20. The molecule has 2 aromatic carbocycles. The van der Waals surface area contributed by atoms with Crippen LogP contribution in [0.1, 0.15) is 23.2 Å². The summed E-state index contributed by atoms with van der Waals surface area (Å²) >= 11 is 5.71. The number of hydrogen-bond acceptors (Lipinski definition) is 8. The van der Waals surface area contributed by atoms with Crippen LogP contribution in [0.2, 0.25) is 5.02 Å². The van der Waals surface area contributed by atoms with Gasteiger partial charge in [-0.05, 0) is 37.1 Å². The van der Waals surface area contributed by atoms with E-state index >= 15 is 0 Å². The van der Waals surface area contributed by atoms with Crippen LogP contribution in [0, 0.1) is 20.2 Å². The van der Waals surface area contributed by atoms with Crippen LogP contribution < -0.4 is 10.6 Å². The van der Waals surface area contributed by atoms with Crippen LogP contribution in [0.4, 0.5) is 22.7 Å². The molecule has 0 atom stereocenters. The zero-order chi connectivity index (χ0) is 21.8. The number of carbonyl (C=O) groups is 2. The van der Waals surface area contributed by atoms with Crippen LogP contribution in [0.15, 0.2) is 36.4 Å². The van der Waals surface area contributed by atoms with Gasteiger partial charge in [0.05, 0.1) is 15.4 Å². The molecule has 0 spiro atoms. The first kappa shape index (κ1) is 21.0.